The summed E-state index contributed by atoms with van der Waals surface area (Å²) in [4.78, 5) is 21.6. The SMILES string of the molecule is CC(C)CCNC(=O)C(C)Sc1nc(N)c2ccsc2n1. The molecule has 0 aliphatic carbocycles. The first-order valence-corrected chi connectivity index (χ1v) is 8.68. The van der Waals surface area contributed by atoms with Gasteiger partial charge in [0.25, 0.3) is 0 Å². The van der Waals surface area contributed by atoms with E-state index in [-0.39, 0.29) is 11.2 Å². The Kier molecular flexibility index (Phi) is 5.41. The number of anilines is 1. The molecule has 0 radical (unpaired) electrons. The second kappa shape index (κ2) is 7.09. The number of amides is 1. The largest absolute Gasteiger partial charge is 0.383 e. The van der Waals surface area contributed by atoms with Gasteiger partial charge in [0.05, 0.1) is 10.6 Å². The molecule has 2 aromatic rings. The highest BCUT2D eigenvalue weighted by molar-refractivity contribution is 8.00. The number of nitrogens with two attached hydrogens (primary N) is 1. The van der Waals surface area contributed by atoms with Gasteiger partial charge in [0.15, 0.2) is 5.16 Å². The van der Waals surface area contributed by atoms with E-state index in [9.17, 15) is 4.79 Å². The molecule has 3 N–H and O–H groups in total. The van der Waals surface area contributed by atoms with E-state index in [1.54, 1.807) is 0 Å². The van der Waals surface area contributed by atoms with Crippen molar-refractivity contribution in [3.63, 3.8) is 0 Å². The minimum atomic E-state index is -0.242. The Hall–Kier alpha value is -1.34. The lowest BCUT2D eigenvalue weighted by molar-refractivity contribution is -0.120. The molecule has 0 saturated heterocycles. The van der Waals surface area contributed by atoms with Crippen LogP contribution in [0.1, 0.15) is 27.2 Å². The first-order valence-electron chi connectivity index (χ1n) is 6.92. The van der Waals surface area contributed by atoms with E-state index >= 15 is 0 Å². The zero-order chi connectivity index (χ0) is 15.4. The van der Waals surface area contributed by atoms with Gasteiger partial charge in [-0.05, 0) is 30.7 Å². The highest BCUT2D eigenvalue weighted by Crippen LogP contribution is 2.28. The number of hydrogen-bond donors (Lipinski definition) is 2. The number of aromatic nitrogens is 2. The second-order valence-corrected chi connectivity index (χ2v) is 7.47. The van der Waals surface area contributed by atoms with Gasteiger partial charge in [0.2, 0.25) is 5.91 Å². The topological polar surface area (TPSA) is 80.9 Å². The third-order valence-electron chi connectivity index (χ3n) is 3.01. The van der Waals surface area contributed by atoms with Gasteiger partial charge in [-0.25, -0.2) is 9.97 Å². The highest BCUT2D eigenvalue weighted by atomic mass is 32.2. The van der Waals surface area contributed by atoms with Gasteiger partial charge in [-0.3, -0.25) is 4.79 Å². The fourth-order valence-electron chi connectivity index (χ4n) is 1.75. The standard InChI is InChI=1S/C14H20N4OS2/c1-8(2)4-6-16-12(19)9(3)21-14-17-11(15)10-5-7-20-13(10)18-14/h5,7-9H,4,6H2,1-3H3,(H,16,19)(H2,15,17,18). The highest BCUT2D eigenvalue weighted by Gasteiger charge is 2.17. The molecule has 1 atom stereocenters. The first-order chi connectivity index (χ1) is 9.97. The van der Waals surface area contributed by atoms with Gasteiger partial charge in [-0.15, -0.1) is 11.3 Å². The van der Waals surface area contributed by atoms with Gasteiger partial charge in [0.1, 0.15) is 10.6 Å². The van der Waals surface area contributed by atoms with Crippen molar-refractivity contribution >= 4 is 45.0 Å². The van der Waals surface area contributed by atoms with Crippen molar-refractivity contribution in [3.8, 4) is 0 Å². The monoisotopic (exact) mass is 324 g/mol. The Morgan fingerprint density at radius 2 is 2.19 bits per heavy atom. The summed E-state index contributed by atoms with van der Waals surface area (Å²) in [5.74, 6) is 1.06. The molecule has 0 bridgehead atoms. The van der Waals surface area contributed by atoms with Crippen LogP contribution in [0.5, 0.6) is 0 Å². The van der Waals surface area contributed by atoms with Crippen LogP contribution in [0.4, 0.5) is 5.82 Å². The van der Waals surface area contributed by atoms with Crippen LogP contribution in [0.25, 0.3) is 10.2 Å². The lowest BCUT2D eigenvalue weighted by Gasteiger charge is -2.12. The summed E-state index contributed by atoms with van der Waals surface area (Å²) in [7, 11) is 0. The Balaban J connectivity index is 1.97. The van der Waals surface area contributed by atoms with Crippen molar-refractivity contribution in [1.29, 1.82) is 0 Å². The third-order valence-corrected chi connectivity index (χ3v) is 4.77. The van der Waals surface area contributed by atoms with Crippen LogP contribution >= 0.6 is 23.1 Å². The summed E-state index contributed by atoms with van der Waals surface area (Å²) in [5, 5.41) is 6.06. The van der Waals surface area contributed by atoms with Crippen LogP contribution in [-0.4, -0.2) is 27.7 Å². The molecule has 2 aromatic heterocycles. The zero-order valence-corrected chi connectivity index (χ0v) is 14.1. The molecule has 1 amide bonds. The molecule has 114 valence electrons. The number of thioether (sulfide) groups is 1. The molecule has 0 aliphatic rings. The van der Waals surface area contributed by atoms with Gasteiger partial charge < -0.3 is 11.1 Å². The Morgan fingerprint density at radius 3 is 2.90 bits per heavy atom. The van der Waals surface area contributed by atoms with Crippen LogP contribution in [-0.2, 0) is 4.79 Å². The Morgan fingerprint density at radius 1 is 1.43 bits per heavy atom. The number of carbonyl (C=O) groups is 1. The fraction of sp³-hybridized carbons (Fsp3) is 0.500. The normalized spacial score (nSPS) is 12.8. The predicted molar refractivity (Wildman–Crippen MR) is 89.6 cm³/mol. The number of nitrogens with one attached hydrogen (secondary N) is 1. The third kappa shape index (κ3) is 4.31. The Bertz CT molecular complexity index is 626. The molecule has 5 nitrogen and oxygen atoms in total. The summed E-state index contributed by atoms with van der Waals surface area (Å²) in [6, 6.07) is 1.91. The summed E-state index contributed by atoms with van der Waals surface area (Å²) in [6.07, 6.45) is 0.980. The van der Waals surface area contributed by atoms with Crippen molar-refractivity contribution in [2.75, 3.05) is 12.3 Å². The molecule has 0 aromatic carbocycles. The smallest absolute Gasteiger partial charge is 0.233 e. The molecule has 0 spiro atoms. The van der Waals surface area contributed by atoms with Crippen LogP contribution in [0.2, 0.25) is 0 Å². The average Bonchev–Trinajstić information content (AvgIpc) is 2.86. The van der Waals surface area contributed by atoms with E-state index in [0.717, 1.165) is 16.6 Å². The molecule has 0 aliphatic heterocycles. The van der Waals surface area contributed by atoms with E-state index in [0.29, 0.717) is 23.4 Å². The van der Waals surface area contributed by atoms with E-state index in [1.807, 2.05) is 18.4 Å². The molecule has 7 heteroatoms. The molecule has 21 heavy (non-hydrogen) atoms. The van der Waals surface area contributed by atoms with Crippen LogP contribution in [0, 0.1) is 5.92 Å². The number of thiophene rings is 1. The van der Waals surface area contributed by atoms with E-state index < -0.39 is 0 Å². The summed E-state index contributed by atoms with van der Waals surface area (Å²) < 4.78 is 0. The van der Waals surface area contributed by atoms with Crippen LogP contribution in [0.15, 0.2) is 16.6 Å². The van der Waals surface area contributed by atoms with Crippen molar-refractivity contribution in [1.82, 2.24) is 15.3 Å². The van der Waals surface area contributed by atoms with Gasteiger partial charge in [0, 0.05) is 6.54 Å². The summed E-state index contributed by atoms with van der Waals surface area (Å²) >= 11 is 2.86. The average molecular weight is 324 g/mol. The summed E-state index contributed by atoms with van der Waals surface area (Å²) in [5.41, 5.74) is 5.91. The summed E-state index contributed by atoms with van der Waals surface area (Å²) in [6.45, 7) is 6.83. The molecule has 1 unspecified atom stereocenters. The molecular formula is C14H20N4OS2. The maximum Gasteiger partial charge on any atom is 0.233 e. The maximum atomic E-state index is 12.0. The van der Waals surface area contributed by atoms with Crippen molar-refractivity contribution < 1.29 is 4.79 Å². The quantitative estimate of drug-likeness (QED) is 0.631. The second-order valence-electron chi connectivity index (χ2n) is 5.26. The van der Waals surface area contributed by atoms with Gasteiger partial charge >= 0.3 is 0 Å². The van der Waals surface area contributed by atoms with E-state index in [1.165, 1.54) is 23.1 Å². The number of nitrogen functional groups attached to an aromatic ring is 1. The molecule has 0 fully saturated rings. The van der Waals surface area contributed by atoms with E-state index in [2.05, 4.69) is 29.1 Å². The fourth-order valence-corrected chi connectivity index (χ4v) is 3.38. The molecular weight excluding hydrogens is 304 g/mol. The molecule has 2 heterocycles. The van der Waals surface area contributed by atoms with Gasteiger partial charge in [-0.1, -0.05) is 25.6 Å². The minimum absolute atomic E-state index is 0.00842. The first kappa shape index (κ1) is 16.0. The van der Waals surface area contributed by atoms with Crippen molar-refractivity contribution in [3.05, 3.63) is 11.4 Å². The maximum absolute atomic E-state index is 12.0. The van der Waals surface area contributed by atoms with E-state index in [4.69, 9.17) is 5.73 Å². The minimum Gasteiger partial charge on any atom is -0.383 e. The lowest BCUT2D eigenvalue weighted by atomic mass is 10.1. The predicted octanol–water partition coefficient (Wildman–Crippen LogP) is 2.92. The van der Waals surface area contributed by atoms with Crippen molar-refractivity contribution in [2.45, 2.75) is 37.6 Å². The number of fused-ring (bicyclic) bond motifs is 1. The van der Waals surface area contributed by atoms with Crippen molar-refractivity contribution in [2.24, 2.45) is 5.92 Å². The van der Waals surface area contributed by atoms with Gasteiger partial charge in [-0.2, -0.15) is 0 Å². The zero-order valence-electron chi connectivity index (χ0n) is 12.4. The van der Waals surface area contributed by atoms with Crippen LogP contribution < -0.4 is 11.1 Å². The Labute approximate surface area is 132 Å². The number of nitrogens with zero attached hydrogens (tertiary/aromatic N) is 2. The molecule has 2 rings (SSSR count). The molecule has 0 saturated carbocycles. The number of rotatable bonds is 6. The number of hydrogen-bond acceptors (Lipinski definition) is 6. The van der Waals surface area contributed by atoms with Crippen LogP contribution in [0.3, 0.4) is 0 Å². The number of carbonyl (C=O) groups excluding carboxylic acids is 1. The lowest BCUT2D eigenvalue weighted by Crippen LogP contribution is -2.32.